The van der Waals surface area contributed by atoms with Crippen molar-refractivity contribution in [1.29, 1.82) is 0 Å². The van der Waals surface area contributed by atoms with E-state index in [2.05, 4.69) is 15.6 Å². The van der Waals surface area contributed by atoms with Gasteiger partial charge in [-0.15, -0.1) is 0 Å². The van der Waals surface area contributed by atoms with E-state index in [0.717, 1.165) is 12.8 Å². The van der Waals surface area contributed by atoms with Gasteiger partial charge < -0.3 is 10.2 Å². The second-order valence-electron chi connectivity index (χ2n) is 2.83. The number of hydrogen-bond acceptors (Lipinski definition) is 3. The molecule has 4 heteroatoms. The molecule has 1 unspecified atom stereocenters. The third kappa shape index (κ3) is 2.86. The smallest absolute Gasteiger partial charge is 0.239 e. The van der Waals surface area contributed by atoms with E-state index in [0.29, 0.717) is 6.04 Å². The summed E-state index contributed by atoms with van der Waals surface area (Å²) in [6.45, 7) is 1.77. The molecule has 1 saturated carbocycles. The Morgan fingerprint density at radius 2 is 2.27 bits per heavy atom. The van der Waals surface area contributed by atoms with E-state index in [-0.39, 0.29) is 11.9 Å². The quantitative estimate of drug-likeness (QED) is 0.557. The van der Waals surface area contributed by atoms with Gasteiger partial charge in [0, 0.05) is 6.04 Å². The Kier molecular flexibility index (Phi) is 2.84. The Morgan fingerprint density at radius 3 is 2.73 bits per heavy atom. The fourth-order valence-corrected chi connectivity index (χ4v) is 0.784. The summed E-state index contributed by atoms with van der Waals surface area (Å²) < 4.78 is 0. The number of rotatable bonds is 4. The zero-order chi connectivity index (χ0) is 8.27. The lowest BCUT2D eigenvalue weighted by Crippen LogP contribution is -2.42. The Bertz CT molecular complexity index is 145. The molecule has 0 bridgehead atoms. The summed E-state index contributed by atoms with van der Waals surface area (Å²) >= 11 is 0. The molecule has 1 rings (SSSR count). The fourth-order valence-electron chi connectivity index (χ4n) is 0.784. The first-order valence-electron chi connectivity index (χ1n) is 3.83. The molecule has 0 saturated heterocycles. The number of carbonyl (C=O) groups excluding carboxylic acids is 1. The third-order valence-corrected chi connectivity index (χ3v) is 1.61. The van der Waals surface area contributed by atoms with Gasteiger partial charge in [0.15, 0.2) is 0 Å². The van der Waals surface area contributed by atoms with E-state index >= 15 is 0 Å². The predicted octanol–water partition coefficient (Wildman–Crippen LogP) is -0.196. The van der Waals surface area contributed by atoms with Gasteiger partial charge in [-0.3, -0.25) is 4.79 Å². The Morgan fingerprint density at radius 1 is 1.64 bits per heavy atom. The molecule has 1 aliphatic rings. The monoisotopic (exact) mass is 158 g/mol. The third-order valence-electron chi connectivity index (χ3n) is 1.61. The molecule has 0 aromatic carbocycles. The van der Waals surface area contributed by atoms with Crippen LogP contribution in [0.1, 0.15) is 19.8 Å². The molecule has 1 amide bonds. The van der Waals surface area contributed by atoms with Crippen molar-refractivity contribution in [3.63, 3.8) is 0 Å². The Hall–Kier alpha value is -0.610. The number of carbonyl (C=O) groups is 1. The number of amides is 1. The molecule has 64 valence electrons. The summed E-state index contributed by atoms with van der Waals surface area (Å²) in [4.78, 5) is 15.7. The van der Waals surface area contributed by atoms with Crippen molar-refractivity contribution >= 4 is 5.91 Å². The van der Waals surface area contributed by atoms with Crippen molar-refractivity contribution in [1.82, 2.24) is 10.8 Å². The second kappa shape index (κ2) is 3.69. The molecule has 1 fully saturated rings. The first-order chi connectivity index (χ1) is 5.24. The number of hydroxylamine groups is 1. The van der Waals surface area contributed by atoms with Crippen LogP contribution < -0.4 is 10.8 Å². The molecule has 0 aromatic rings. The van der Waals surface area contributed by atoms with Crippen LogP contribution in [0.5, 0.6) is 0 Å². The van der Waals surface area contributed by atoms with Crippen LogP contribution >= 0.6 is 0 Å². The van der Waals surface area contributed by atoms with Gasteiger partial charge in [0.05, 0.1) is 7.11 Å². The highest BCUT2D eigenvalue weighted by Gasteiger charge is 2.25. The molecular formula is C7H14N2O2. The largest absolute Gasteiger partial charge is 0.352 e. The van der Waals surface area contributed by atoms with Crippen LogP contribution in [0.25, 0.3) is 0 Å². The summed E-state index contributed by atoms with van der Waals surface area (Å²) in [6, 6.07) is 0.157. The summed E-state index contributed by atoms with van der Waals surface area (Å²) in [5, 5.41) is 2.86. The maximum absolute atomic E-state index is 11.1. The van der Waals surface area contributed by atoms with Crippen molar-refractivity contribution in [2.75, 3.05) is 7.11 Å². The zero-order valence-electron chi connectivity index (χ0n) is 6.89. The molecule has 1 atom stereocenters. The molecule has 0 heterocycles. The van der Waals surface area contributed by atoms with Crippen molar-refractivity contribution in [2.24, 2.45) is 0 Å². The van der Waals surface area contributed by atoms with Crippen LogP contribution in [0.15, 0.2) is 0 Å². The van der Waals surface area contributed by atoms with Crippen LogP contribution in [0, 0.1) is 0 Å². The van der Waals surface area contributed by atoms with E-state index < -0.39 is 0 Å². The van der Waals surface area contributed by atoms with Crippen LogP contribution in [-0.2, 0) is 9.63 Å². The van der Waals surface area contributed by atoms with E-state index in [9.17, 15) is 4.79 Å². The normalized spacial score (nSPS) is 19.5. The first kappa shape index (κ1) is 8.49. The van der Waals surface area contributed by atoms with E-state index in [1.807, 2.05) is 0 Å². The minimum Gasteiger partial charge on any atom is -0.352 e. The summed E-state index contributed by atoms with van der Waals surface area (Å²) in [5.74, 6) is 0.00866. The average Bonchev–Trinajstić information content (AvgIpc) is 2.72. The van der Waals surface area contributed by atoms with Crippen molar-refractivity contribution in [2.45, 2.75) is 31.8 Å². The van der Waals surface area contributed by atoms with Gasteiger partial charge in [0.25, 0.3) is 0 Å². The van der Waals surface area contributed by atoms with Gasteiger partial charge in [0.2, 0.25) is 5.91 Å². The van der Waals surface area contributed by atoms with Crippen LogP contribution in [-0.4, -0.2) is 25.1 Å². The molecular weight excluding hydrogens is 144 g/mol. The standard InChI is InChI=1S/C7H14N2O2/c1-5(9-11-2)7(10)8-6-3-4-6/h5-6,9H,3-4H2,1-2H3,(H,8,10). The second-order valence-corrected chi connectivity index (χ2v) is 2.83. The van der Waals surface area contributed by atoms with Gasteiger partial charge in [0.1, 0.15) is 6.04 Å². The van der Waals surface area contributed by atoms with Gasteiger partial charge in [-0.25, -0.2) is 0 Å². The van der Waals surface area contributed by atoms with E-state index in [1.54, 1.807) is 6.92 Å². The highest BCUT2D eigenvalue weighted by atomic mass is 16.6. The summed E-state index contributed by atoms with van der Waals surface area (Å²) in [7, 11) is 1.50. The lowest BCUT2D eigenvalue weighted by molar-refractivity contribution is -0.126. The maximum atomic E-state index is 11.1. The molecule has 11 heavy (non-hydrogen) atoms. The van der Waals surface area contributed by atoms with Gasteiger partial charge in [-0.2, -0.15) is 5.48 Å². The van der Waals surface area contributed by atoms with Gasteiger partial charge in [-0.1, -0.05) is 0 Å². The van der Waals surface area contributed by atoms with Gasteiger partial charge >= 0.3 is 0 Å². The number of nitrogens with one attached hydrogen (secondary N) is 2. The van der Waals surface area contributed by atoms with Crippen LogP contribution in [0.4, 0.5) is 0 Å². The molecule has 1 aliphatic carbocycles. The minimum absolute atomic E-state index is 0.00866. The minimum atomic E-state index is -0.263. The fraction of sp³-hybridized carbons (Fsp3) is 0.857. The summed E-state index contributed by atoms with van der Waals surface area (Å²) in [5.41, 5.74) is 2.57. The lowest BCUT2D eigenvalue weighted by Gasteiger charge is -2.10. The molecule has 0 aromatic heterocycles. The van der Waals surface area contributed by atoms with E-state index in [4.69, 9.17) is 0 Å². The SMILES string of the molecule is CONC(C)C(=O)NC1CC1. The van der Waals surface area contributed by atoms with Crippen molar-refractivity contribution in [3.8, 4) is 0 Å². The number of hydrogen-bond donors (Lipinski definition) is 2. The average molecular weight is 158 g/mol. The van der Waals surface area contributed by atoms with E-state index in [1.165, 1.54) is 7.11 Å². The topological polar surface area (TPSA) is 50.4 Å². The predicted molar refractivity (Wildman–Crippen MR) is 40.8 cm³/mol. The molecule has 0 spiro atoms. The van der Waals surface area contributed by atoms with Crippen LogP contribution in [0.3, 0.4) is 0 Å². The summed E-state index contributed by atoms with van der Waals surface area (Å²) in [6.07, 6.45) is 2.23. The highest BCUT2D eigenvalue weighted by Crippen LogP contribution is 2.18. The Labute approximate surface area is 66.3 Å². The highest BCUT2D eigenvalue weighted by molar-refractivity contribution is 5.81. The van der Waals surface area contributed by atoms with Gasteiger partial charge in [-0.05, 0) is 19.8 Å². The molecule has 0 radical (unpaired) electrons. The zero-order valence-corrected chi connectivity index (χ0v) is 6.89. The lowest BCUT2D eigenvalue weighted by atomic mass is 10.3. The maximum Gasteiger partial charge on any atom is 0.239 e. The van der Waals surface area contributed by atoms with Crippen LogP contribution in [0.2, 0.25) is 0 Å². The Balaban J connectivity index is 2.15. The first-order valence-corrected chi connectivity index (χ1v) is 3.83. The molecule has 2 N–H and O–H groups in total. The van der Waals surface area contributed by atoms with Crippen molar-refractivity contribution in [3.05, 3.63) is 0 Å². The molecule has 4 nitrogen and oxygen atoms in total. The molecule has 0 aliphatic heterocycles. The van der Waals surface area contributed by atoms with Crippen molar-refractivity contribution < 1.29 is 9.63 Å².